The zero-order valence-corrected chi connectivity index (χ0v) is 18.8. The summed E-state index contributed by atoms with van der Waals surface area (Å²) in [4.78, 5) is 10.7. The smallest absolute Gasteiger partial charge is 0.191 e. The number of hydrogen-bond donors (Lipinski definition) is 2. The Morgan fingerprint density at radius 1 is 1.30 bits per heavy atom. The molecule has 0 saturated heterocycles. The number of fused-ring (bicyclic) bond motifs is 1. The highest BCUT2D eigenvalue weighted by Crippen LogP contribution is 2.25. The van der Waals surface area contributed by atoms with Crippen LogP contribution in [0.15, 0.2) is 33.0 Å². The summed E-state index contributed by atoms with van der Waals surface area (Å²) in [5, 5.41) is 10.2. The average molecular weight is 503 g/mol. The zero-order chi connectivity index (χ0) is 18.7. The van der Waals surface area contributed by atoms with E-state index >= 15 is 0 Å². The molecule has 0 fully saturated rings. The van der Waals surface area contributed by atoms with Crippen molar-refractivity contribution in [2.45, 2.75) is 20.0 Å². The number of aryl methyl sites for hydroxylation is 1. The molecule has 27 heavy (non-hydrogen) atoms. The Bertz CT molecular complexity index is 937. The summed E-state index contributed by atoms with van der Waals surface area (Å²) in [7, 11) is 5.65. The van der Waals surface area contributed by atoms with Gasteiger partial charge in [0.1, 0.15) is 17.2 Å². The molecule has 3 rings (SSSR count). The van der Waals surface area contributed by atoms with Crippen LogP contribution in [-0.4, -0.2) is 32.1 Å². The maximum atomic E-state index is 13.4. The molecule has 1 aromatic carbocycles. The van der Waals surface area contributed by atoms with E-state index in [0.29, 0.717) is 24.6 Å². The fourth-order valence-corrected chi connectivity index (χ4v) is 3.31. The molecule has 0 aliphatic heterocycles. The van der Waals surface area contributed by atoms with Crippen LogP contribution >= 0.6 is 35.3 Å². The van der Waals surface area contributed by atoms with Crippen LogP contribution in [0.2, 0.25) is 0 Å². The molecule has 0 bridgehead atoms. The Balaban J connectivity index is 0.00000261. The van der Waals surface area contributed by atoms with E-state index < -0.39 is 0 Å². The molecule has 9 heteroatoms. The molecule has 3 aromatic rings. The monoisotopic (exact) mass is 503 g/mol. The van der Waals surface area contributed by atoms with E-state index in [1.807, 2.05) is 31.3 Å². The van der Waals surface area contributed by atoms with E-state index in [0.717, 1.165) is 27.5 Å². The third-order valence-corrected chi connectivity index (χ3v) is 5.05. The summed E-state index contributed by atoms with van der Waals surface area (Å²) in [6.45, 7) is 2.96. The van der Waals surface area contributed by atoms with E-state index in [9.17, 15) is 4.39 Å². The number of nitrogens with zero attached hydrogens (tertiary/aromatic N) is 3. The van der Waals surface area contributed by atoms with E-state index in [4.69, 9.17) is 4.42 Å². The standard InChI is InChI=1S/C18H22FN5OS.HI/c1-11-14-7-12(19)5-6-15(14)25-16(11)9-22-17(20-2)21-8-13-10-26-18(23-13)24(3)4;/h5-7,10H,8-9H2,1-4H3,(H2,20,21,22);1H. The van der Waals surface area contributed by atoms with Crippen LogP contribution in [0.1, 0.15) is 17.0 Å². The van der Waals surface area contributed by atoms with Crippen LogP contribution in [0.4, 0.5) is 9.52 Å². The van der Waals surface area contributed by atoms with Gasteiger partial charge in [0.15, 0.2) is 11.1 Å². The second-order valence-corrected chi connectivity index (χ2v) is 6.92. The van der Waals surface area contributed by atoms with Gasteiger partial charge in [-0.15, -0.1) is 35.3 Å². The fraction of sp³-hybridized carbons (Fsp3) is 0.333. The van der Waals surface area contributed by atoms with E-state index in [1.165, 1.54) is 12.1 Å². The van der Waals surface area contributed by atoms with Gasteiger partial charge in [0.2, 0.25) is 0 Å². The number of aromatic nitrogens is 1. The molecule has 0 aliphatic rings. The molecule has 0 atom stereocenters. The number of anilines is 1. The molecule has 0 saturated carbocycles. The largest absolute Gasteiger partial charge is 0.459 e. The fourth-order valence-electron chi connectivity index (χ4n) is 2.55. The van der Waals surface area contributed by atoms with E-state index in [1.54, 1.807) is 24.5 Å². The normalized spacial score (nSPS) is 11.4. The van der Waals surface area contributed by atoms with Crippen molar-refractivity contribution in [3.05, 3.63) is 46.4 Å². The topological polar surface area (TPSA) is 65.7 Å². The van der Waals surface area contributed by atoms with Crippen molar-refractivity contribution < 1.29 is 8.81 Å². The zero-order valence-electron chi connectivity index (χ0n) is 15.7. The van der Waals surface area contributed by atoms with Crippen molar-refractivity contribution in [1.29, 1.82) is 0 Å². The van der Waals surface area contributed by atoms with E-state index in [-0.39, 0.29) is 29.8 Å². The Hall–Kier alpha value is -1.88. The summed E-state index contributed by atoms with van der Waals surface area (Å²) >= 11 is 1.60. The van der Waals surface area contributed by atoms with Gasteiger partial charge < -0.3 is 20.0 Å². The number of rotatable bonds is 5. The number of nitrogens with one attached hydrogen (secondary N) is 2. The number of thiazole rings is 1. The van der Waals surface area contributed by atoms with Crippen molar-refractivity contribution >= 4 is 57.4 Å². The number of guanidine groups is 1. The molecular weight excluding hydrogens is 480 g/mol. The lowest BCUT2D eigenvalue weighted by Gasteiger charge is -2.10. The first-order chi connectivity index (χ1) is 12.5. The SMILES string of the molecule is CN=C(NCc1csc(N(C)C)n1)NCc1oc2ccc(F)cc2c1C.I. The van der Waals surface area contributed by atoms with Crippen molar-refractivity contribution in [1.82, 2.24) is 15.6 Å². The van der Waals surface area contributed by atoms with Crippen LogP contribution in [0.5, 0.6) is 0 Å². The van der Waals surface area contributed by atoms with Crippen LogP contribution < -0.4 is 15.5 Å². The van der Waals surface area contributed by atoms with Crippen LogP contribution in [0.3, 0.4) is 0 Å². The Morgan fingerprint density at radius 2 is 2.04 bits per heavy atom. The maximum Gasteiger partial charge on any atom is 0.191 e. The molecule has 0 spiro atoms. The number of hydrogen-bond acceptors (Lipinski definition) is 5. The lowest BCUT2D eigenvalue weighted by Crippen LogP contribution is -2.36. The second kappa shape index (κ2) is 9.36. The summed E-state index contributed by atoms with van der Waals surface area (Å²) in [6.07, 6.45) is 0. The maximum absolute atomic E-state index is 13.4. The lowest BCUT2D eigenvalue weighted by molar-refractivity contribution is 0.534. The second-order valence-electron chi connectivity index (χ2n) is 6.09. The van der Waals surface area contributed by atoms with Gasteiger partial charge >= 0.3 is 0 Å². The first kappa shape index (κ1) is 21.4. The summed E-state index contributed by atoms with van der Waals surface area (Å²) in [6, 6.07) is 4.55. The highest BCUT2D eigenvalue weighted by atomic mass is 127. The number of aliphatic imine (C=N–C) groups is 1. The minimum Gasteiger partial charge on any atom is -0.459 e. The molecule has 6 nitrogen and oxygen atoms in total. The summed E-state index contributed by atoms with van der Waals surface area (Å²) < 4.78 is 19.2. The molecule has 0 radical (unpaired) electrons. The van der Waals surface area contributed by atoms with Gasteiger partial charge in [0, 0.05) is 37.5 Å². The van der Waals surface area contributed by atoms with Gasteiger partial charge in [0.05, 0.1) is 18.8 Å². The molecule has 0 aliphatic carbocycles. The molecule has 146 valence electrons. The van der Waals surface area contributed by atoms with Gasteiger partial charge in [-0.05, 0) is 25.1 Å². The number of furan rings is 1. The Labute approximate surface area is 178 Å². The molecular formula is C18H23FIN5OS. The average Bonchev–Trinajstić information content (AvgIpc) is 3.21. The predicted molar refractivity (Wildman–Crippen MR) is 120 cm³/mol. The van der Waals surface area contributed by atoms with Gasteiger partial charge in [0.25, 0.3) is 0 Å². The highest BCUT2D eigenvalue weighted by Gasteiger charge is 2.12. The third-order valence-electron chi connectivity index (χ3n) is 4.00. The summed E-state index contributed by atoms with van der Waals surface area (Å²) in [5.41, 5.74) is 2.57. The van der Waals surface area contributed by atoms with Crippen molar-refractivity contribution in [2.24, 2.45) is 4.99 Å². The minimum absolute atomic E-state index is 0. The first-order valence-electron chi connectivity index (χ1n) is 8.21. The van der Waals surface area contributed by atoms with Crippen molar-refractivity contribution in [2.75, 3.05) is 26.0 Å². The van der Waals surface area contributed by atoms with Gasteiger partial charge in [-0.2, -0.15) is 0 Å². The number of benzene rings is 1. The first-order valence-corrected chi connectivity index (χ1v) is 9.09. The van der Waals surface area contributed by atoms with E-state index in [2.05, 4.69) is 20.6 Å². The van der Waals surface area contributed by atoms with Crippen LogP contribution in [0.25, 0.3) is 11.0 Å². The van der Waals surface area contributed by atoms with Crippen LogP contribution in [-0.2, 0) is 13.1 Å². The Morgan fingerprint density at radius 3 is 2.70 bits per heavy atom. The van der Waals surface area contributed by atoms with Gasteiger partial charge in [-0.3, -0.25) is 4.99 Å². The molecule has 2 N–H and O–H groups in total. The van der Waals surface area contributed by atoms with Gasteiger partial charge in [-0.1, -0.05) is 0 Å². The lowest BCUT2D eigenvalue weighted by atomic mass is 10.1. The molecule has 0 amide bonds. The molecule has 2 aromatic heterocycles. The Kier molecular flexibility index (Phi) is 7.42. The molecule has 0 unspecified atom stereocenters. The van der Waals surface area contributed by atoms with Crippen molar-refractivity contribution in [3.8, 4) is 0 Å². The summed E-state index contributed by atoms with van der Waals surface area (Å²) in [5.74, 6) is 1.14. The quantitative estimate of drug-likeness (QED) is 0.314. The third kappa shape index (κ3) is 5.10. The highest BCUT2D eigenvalue weighted by molar-refractivity contribution is 14.0. The molecule has 2 heterocycles. The van der Waals surface area contributed by atoms with Crippen molar-refractivity contribution in [3.63, 3.8) is 0 Å². The minimum atomic E-state index is -0.265. The predicted octanol–water partition coefficient (Wildman–Crippen LogP) is 3.89. The number of halogens is 2. The van der Waals surface area contributed by atoms with Gasteiger partial charge in [-0.25, -0.2) is 9.37 Å². The van der Waals surface area contributed by atoms with Crippen LogP contribution in [0, 0.1) is 12.7 Å².